The molecule has 1 amide bonds. The van der Waals surface area contributed by atoms with Gasteiger partial charge < -0.3 is 15.4 Å². The summed E-state index contributed by atoms with van der Waals surface area (Å²) in [6.45, 7) is 7.38. The fourth-order valence-corrected chi connectivity index (χ4v) is 1.20. The quantitative estimate of drug-likeness (QED) is 0.693. The maximum atomic E-state index is 12.0. The Hall–Kier alpha value is -1.10. The van der Waals surface area contributed by atoms with Crippen LogP contribution in [0.25, 0.3) is 0 Å². The highest BCUT2D eigenvalue weighted by Gasteiger charge is 2.27. The second-order valence-electron chi connectivity index (χ2n) is 4.41. The average Bonchev–Trinajstić information content (AvgIpc) is 2.22. The van der Waals surface area contributed by atoms with Gasteiger partial charge in [0.25, 0.3) is 0 Å². The van der Waals surface area contributed by atoms with E-state index in [0.29, 0.717) is 0 Å². The van der Waals surface area contributed by atoms with E-state index in [-0.39, 0.29) is 24.4 Å². The molecule has 1 atom stereocenters. The van der Waals surface area contributed by atoms with E-state index >= 15 is 0 Å². The first-order valence-corrected chi connectivity index (χ1v) is 5.44. The number of amides is 1. The van der Waals surface area contributed by atoms with Gasteiger partial charge in [-0.25, -0.2) is 0 Å². The zero-order valence-electron chi connectivity index (χ0n) is 10.7. The van der Waals surface area contributed by atoms with Crippen LogP contribution in [0.5, 0.6) is 0 Å². The van der Waals surface area contributed by atoms with Gasteiger partial charge in [0.1, 0.15) is 6.54 Å². The maximum absolute atomic E-state index is 12.0. The van der Waals surface area contributed by atoms with Crippen molar-refractivity contribution in [3.63, 3.8) is 0 Å². The molecule has 0 aliphatic carbocycles. The first kappa shape index (κ1) is 14.9. The summed E-state index contributed by atoms with van der Waals surface area (Å²) in [5.41, 5.74) is 5.77. The highest BCUT2D eigenvalue weighted by Crippen LogP contribution is 2.07. The van der Waals surface area contributed by atoms with E-state index < -0.39 is 12.0 Å². The monoisotopic (exact) mass is 230 g/mol. The molecule has 0 spiro atoms. The molecular weight excluding hydrogens is 208 g/mol. The number of nitrogens with two attached hydrogens (primary N) is 1. The molecule has 16 heavy (non-hydrogen) atoms. The normalized spacial score (nSPS) is 12.8. The second-order valence-corrected chi connectivity index (χ2v) is 4.41. The van der Waals surface area contributed by atoms with E-state index in [1.54, 1.807) is 0 Å². The number of rotatable bonds is 5. The molecule has 1 unspecified atom stereocenters. The molecule has 0 radical (unpaired) electrons. The highest BCUT2D eigenvalue weighted by molar-refractivity contribution is 5.86. The molecule has 0 heterocycles. The van der Waals surface area contributed by atoms with Gasteiger partial charge in [-0.1, -0.05) is 13.8 Å². The first-order chi connectivity index (χ1) is 7.31. The molecule has 0 bridgehead atoms. The van der Waals surface area contributed by atoms with Gasteiger partial charge in [-0.15, -0.1) is 0 Å². The van der Waals surface area contributed by atoms with Crippen molar-refractivity contribution >= 4 is 11.9 Å². The zero-order valence-corrected chi connectivity index (χ0v) is 10.7. The molecule has 0 aliphatic heterocycles. The first-order valence-electron chi connectivity index (χ1n) is 5.44. The van der Waals surface area contributed by atoms with Gasteiger partial charge in [0, 0.05) is 6.04 Å². The van der Waals surface area contributed by atoms with Gasteiger partial charge in [0.15, 0.2) is 0 Å². The predicted molar refractivity (Wildman–Crippen MR) is 61.7 cm³/mol. The number of hydrogen-bond donors (Lipinski definition) is 1. The van der Waals surface area contributed by atoms with Crippen molar-refractivity contribution in [2.75, 3.05) is 13.7 Å². The summed E-state index contributed by atoms with van der Waals surface area (Å²) in [4.78, 5) is 24.6. The number of esters is 1. The number of nitrogens with zero attached hydrogens (tertiary/aromatic N) is 1. The minimum Gasteiger partial charge on any atom is -0.468 e. The Bertz CT molecular complexity index is 252. The van der Waals surface area contributed by atoms with Gasteiger partial charge in [-0.05, 0) is 19.8 Å². The standard InChI is InChI=1S/C11H22N2O3/c1-7(2)10(12)11(15)13(8(3)4)6-9(14)16-5/h7-8,10H,6,12H2,1-5H3. The van der Waals surface area contributed by atoms with Gasteiger partial charge in [0.05, 0.1) is 13.2 Å². The van der Waals surface area contributed by atoms with Crippen LogP contribution in [0.2, 0.25) is 0 Å². The van der Waals surface area contributed by atoms with Crippen LogP contribution in [-0.2, 0) is 14.3 Å². The number of carbonyl (C=O) groups excluding carboxylic acids is 2. The van der Waals surface area contributed by atoms with Gasteiger partial charge in [-0.2, -0.15) is 0 Å². The third-order valence-electron chi connectivity index (χ3n) is 2.44. The summed E-state index contributed by atoms with van der Waals surface area (Å²) >= 11 is 0. The molecule has 0 aliphatic rings. The van der Waals surface area contributed by atoms with E-state index in [1.807, 2.05) is 27.7 Å². The molecule has 0 rings (SSSR count). The lowest BCUT2D eigenvalue weighted by Crippen LogP contribution is -2.51. The van der Waals surface area contributed by atoms with Crippen LogP contribution in [0.4, 0.5) is 0 Å². The predicted octanol–water partition coefficient (Wildman–Crippen LogP) is 0.380. The lowest BCUT2D eigenvalue weighted by atomic mass is 10.0. The van der Waals surface area contributed by atoms with Crippen LogP contribution in [-0.4, -0.2) is 42.5 Å². The van der Waals surface area contributed by atoms with Crippen molar-refractivity contribution in [3.8, 4) is 0 Å². The third-order valence-corrected chi connectivity index (χ3v) is 2.44. The number of hydrogen-bond acceptors (Lipinski definition) is 4. The van der Waals surface area contributed by atoms with E-state index in [2.05, 4.69) is 4.74 Å². The summed E-state index contributed by atoms with van der Waals surface area (Å²) in [6, 6.07) is -0.650. The van der Waals surface area contributed by atoms with E-state index in [0.717, 1.165) is 0 Å². The van der Waals surface area contributed by atoms with Crippen LogP contribution in [0, 0.1) is 5.92 Å². The van der Waals surface area contributed by atoms with Crippen LogP contribution in [0.3, 0.4) is 0 Å². The van der Waals surface area contributed by atoms with Crippen LogP contribution in [0.15, 0.2) is 0 Å². The highest BCUT2D eigenvalue weighted by atomic mass is 16.5. The Morgan fingerprint density at radius 2 is 1.75 bits per heavy atom. The van der Waals surface area contributed by atoms with Crippen molar-refractivity contribution in [2.45, 2.75) is 39.8 Å². The summed E-state index contributed by atoms with van der Waals surface area (Å²) in [7, 11) is 1.30. The Morgan fingerprint density at radius 3 is 2.06 bits per heavy atom. The summed E-state index contributed by atoms with van der Waals surface area (Å²) in [6.07, 6.45) is 0. The molecule has 0 saturated carbocycles. The molecule has 5 heteroatoms. The molecule has 0 fully saturated rings. The number of carbonyl (C=O) groups is 2. The lowest BCUT2D eigenvalue weighted by Gasteiger charge is -2.29. The number of ether oxygens (including phenoxy) is 1. The molecule has 0 aromatic carbocycles. The van der Waals surface area contributed by atoms with Gasteiger partial charge in [-0.3, -0.25) is 9.59 Å². The minimum atomic E-state index is -0.577. The minimum absolute atomic E-state index is 0.0476. The van der Waals surface area contributed by atoms with Crippen molar-refractivity contribution in [3.05, 3.63) is 0 Å². The fraction of sp³-hybridized carbons (Fsp3) is 0.818. The van der Waals surface area contributed by atoms with Gasteiger partial charge >= 0.3 is 5.97 Å². The van der Waals surface area contributed by atoms with Crippen LogP contribution >= 0.6 is 0 Å². The van der Waals surface area contributed by atoms with Gasteiger partial charge in [0.2, 0.25) is 5.91 Å². The Balaban J connectivity index is 4.66. The molecule has 5 nitrogen and oxygen atoms in total. The second kappa shape index (κ2) is 6.48. The summed E-state index contributed by atoms with van der Waals surface area (Å²) in [5, 5.41) is 0. The van der Waals surface area contributed by atoms with Crippen molar-refractivity contribution in [2.24, 2.45) is 11.7 Å². The Kier molecular flexibility index (Phi) is 6.03. The summed E-state index contributed by atoms with van der Waals surface area (Å²) in [5.74, 6) is -0.597. The molecule has 2 N–H and O–H groups in total. The van der Waals surface area contributed by atoms with E-state index in [4.69, 9.17) is 5.73 Å². The van der Waals surface area contributed by atoms with Crippen LogP contribution < -0.4 is 5.73 Å². The van der Waals surface area contributed by atoms with Crippen molar-refractivity contribution in [1.82, 2.24) is 4.90 Å². The molecule has 94 valence electrons. The smallest absolute Gasteiger partial charge is 0.325 e. The molecule has 0 aromatic rings. The molecule has 0 aromatic heterocycles. The zero-order chi connectivity index (χ0) is 12.9. The lowest BCUT2D eigenvalue weighted by molar-refractivity contribution is -0.149. The van der Waals surface area contributed by atoms with E-state index in [9.17, 15) is 9.59 Å². The fourth-order valence-electron chi connectivity index (χ4n) is 1.20. The topological polar surface area (TPSA) is 72.6 Å². The average molecular weight is 230 g/mol. The number of methoxy groups -OCH3 is 1. The molecular formula is C11H22N2O3. The molecule has 0 saturated heterocycles. The summed E-state index contributed by atoms with van der Waals surface area (Å²) < 4.78 is 4.55. The van der Waals surface area contributed by atoms with Crippen LogP contribution in [0.1, 0.15) is 27.7 Å². The Labute approximate surface area is 96.9 Å². The van der Waals surface area contributed by atoms with Crippen molar-refractivity contribution < 1.29 is 14.3 Å². The van der Waals surface area contributed by atoms with E-state index in [1.165, 1.54) is 12.0 Å². The van der Waals surface area contributed by atoms with Crippen molar-refractivity contribution in [1.29, 1.82) is 0 Å². The Morgan fingerprint density at radius 1 is 1.25 bits per heavy atom. The SMILES string of the molecule is COC(=O)CN(C(=O)C(N)C(C)C)C(C)C. The maximum Gasteiger partial charge on any atom is 0.325 e. The third kappa shape index (κ3) is 4.18. The largest absolute Gasteiger partial charge is 0.468 e.